The van der Waals surface area contributed by atoms with Crippen molar-refractivity contribution in [3.8, 4) is 11.3 Å². The van der Waals surface area contributed by atoms with Gasteiger partial charge in [-0.1, -0.05) is 0 Å². The van der Waals surface area contributed by atoms with E-state index in [-0.39, 0.29) is 5.43 Å². The Morgan fingerprint density at radius 1 is 1.17 bits per heavy atom. The van der Waals surface area contributed by atoms with E-state index < -0.39 is 0 Å². The zero-order valence-electron chi connectivity index (χ0n) is 6.37. The molecule has 0 spiro atoms. The third-order valence-corrected chi connectivity index (χ3v) is 1.71. The van der Waals surface area contributed by atoms with E-state index in [1.54, 1.807) is 18.6 Å². The van der Waals surface area contributed by atoms with Gasteiger partial charge in [0, 0.05) is 24.7 Å². The molecule has 0 saturated carbocycles. The normalized spacial score (nSPS) is 10.0. The maximum atomic E-state index is 11.3. The zero-order chi connectivity index (χ0) is 8.39. The minimum atomic E-state index is 0.0243. The lowest BCUT2D eigenvalue weighted by Gasteiger charge is -1.93. The molecule has 0 unspecified atom stereocenters. The molecule has 0 atom stereocenters. The Balaban J connectivity index is 2.63. The molecule has 12 heavy (non-hydrogen) atoms. The molecule has 60 valence electrons. The number of pyridine rings is 1. The minimum absolute atomic E-state index is 0.0243. The summed E-state index contributed by atoms with van der Waals surface area (Å²) in [7, 11) is 0. The molecule has 0 fully saturated rings. The summed E-state index contributed by atoms with van der Waals surface area (Å²) in [4.78, 5) is 17.1. The molecule has 2 N–H and O–H groups in total. The maximum absolute atomic E-state index is 11.3. The third-order valence-electron chi connectivity index (χ3n) is 1.71. The van der Waals surface area contributed by atoms with E-state index in [0.29, 0.717) is 5.56 Å². The van der Waals surface area contributed by atoms with Gasteiger partial charge in [0.25, 0.3) is 0 Å². The van der Waals surface area contributed by atoms with Crippen LogP contribution in [-0.2, 0) is 0 Å². The van der Waals surface area contributed by atoms with Crippen molar-refractivity contribution in [1.29, 1.82) is 0 Å². The first kappa shape index (κ1) is 6.91. The summed E-state index contributed by atoms with van der Waals surface area (Å²) in [6.07, 6.45) is 5.10. The second kappa shape index (κ2) is 2.70. The summed E-state index contributed by atoms with van der Waals surface area (Å²) in [6, 6.07) is 5.24. The smallest absolute Gasteiger partial charge is 0.190 e. The molecule has 3 heteroatoms. The molecule has 0 aliphatic heterocycles. The van der Waals surface area contributed by atoms with Crippen molar-refractivity contribution in [3.05, 3.63) is 47.0 Å². The second-order valence-electron chi connectivity index (χ2n) is 2.51. The molecule has 2 heterocycles. The summed E-state index contributed by atoms with van der Waals surface area (Å²) in [5, 5.41) is 0. The van der Waals surface area contributed by atoms with Gasteiger partial charge in [-0.3, -0.25) is 4.79 Å². The Kier molecular flexibility index (Phi) is 1.55. The van der Waals surface area contributed by atoms with Crippen LogP contribution in [0.4, 0.5) is 0 Å². The van der Waals surface area contributed by atoms with Gasteiger partial charge in [-0.2, -0.15) is 0 Å². The maximum Gasteiger partial charge on any atom is 0.190 e. The number of hydrogen-bond donors (Lipinski definition) is 2. The van der Waals surface area contributed by atoms with Crippen LogP contribution in [0.1, 0.15) is 0 Å². The lowest BCUT2D eigenvalue weighted by atomic mass is 10.2. The molecule has 0 aliphatic carbocycles. The number of aromatic nitrogens is 2. The Morgan fingerprint density at radius 2 is 2.08 bits per heavy atom. The van der Waals surface area contributed by atoms with Crippen LogP contribution in [0.3, 0.4) is 0 Å². The Morgan fingerprint density at radius 3 is 2.75 bits per heavy atom. The van der Waals surface area contributed by atoms with Crippen LogP contribution in [0.5, 0.6) is 0 Å². The monoisotopic (exact) mass is 160 g/mol. The lowest BCUT2D eigenvalue weighted by Crippen LogP contribution is -2.02. The molecule has 0 saturated heterocycles. The second-order valence-corrected chi connectivity index (χ2v) is 2.51. The summed E-state index contributed by atoms with van der Waals surface area (Å²) in [6.45, 7) is 0. The van der Waals surface area contributed by atoms with Gasteiger partial charge in [-0.15, -0.1) is 0 Å². The number of H-pyrrole nitrogens is 2. The topological polar surface area (TPSA) is 48.6 Å². The predicted octanol–water partition coefficient (Wildman–Crippen LogP) is 1.37. The molecule has 2 rings (SSSR count). The molecular formula is C9H8N2O. The molecular weight excluding hydrogens is 152 g/mol. The van der Waals surface area contributed by atoms with Crippen LogP contribution in [0, 0.1) is 0 Å². The highest BCUT2D eigenvalue weighted by Gasteiger charge is 2.00. The van der Waals surface area contributed by atoms with E-state index in [2.05, 4.69) is 9.97 Å². The molecule has 0 amide bonds. The summed E-state index contributed by atoms with van der Waals surface area (Å²) in [5.41, 5.74) is 1.54. The Hall–Kier alpha value is -1.77. The van der Waals surface area contributed by atoms with Gasteiger partial charge >= 0.3 is 0 Å². The number of rotatable bonds is 1. The van der Waals surface area contributed by atoms with E-state index >= 15 is 0 Å². The van der Waals surface area contributed by atoms with Gasteiger partial charge in [-0.25, -0.2) is 0 Å². The van der Waals surface area contributed by atoms with E-state index in [9.17, 15) is 4.79 Å². The minimum Gasteiger partial charge on any atom is -0.367 e. The number of aromatic amines is 2. The van der Waals surface area contributed by atoms with E-state index in [0.717, 1.165) is 5.69 Å². The quantitative estimate of drug-likeness (QED) is 0.650. The van der Waals surface area contributed by atoms with E-state index in [4.69, 9.17) is 0 Å². The fourth-order valence-corrected chi connectivity index (χ4v) is 1.12. The van der Waals surface area contributed by atoms with Gasteiger partial charge in [0.2, 0.25) is 0 Å². The number of nitrogens with one attached hydrogen (secondary N) is 2. The first-order chi connectivity index (χ1) is 5.88. The number of hydrogen-bond acceptors (Lipinski definition) is 1. The third kappa shape index (κ3) is 1.05. The SMILES string of the molecule is O=c1cc[nH]cc1-c1ccc[nH]1. The fraction of sp³-hybridized carbons (Fsp3) is 0. The average molecular weight is 160 g/mol. The molecule has 0 aliphatic rings. The summed E-state index contributed by atoms with van der Waals surface area (Å²) >= 11 is 0. The highest BCUT2D eigenvalue weighted by molar-refractivity contribution is 5.57. The highest BCUT2D eigenvalue weighted by Crippen LogP contribution is 2.09. The first-order valence-corrected chi connectivity index (χ1v) is 3.69. The summed E-state index contributed by atoms with van der Waals surface area (Å²) < 4.78 is 0. The molecule has 0 radical (unpaired) electrons. The van der Waals surface area contributed by atoms with Crippen LogP contribution in [0.15, 0.2) is 41.6 Å². The van der Waals surface area contributed by atoms with Gasteiger partial charge < -0.3 is 9.97 Å². The van der Waals surface area contributed by atoms with Crippen molar-refractivity contribution in [2.24, 2.45) is 0 Å². The Labute approximate surface area is 69.1 Å². The van der Waals surface area contributed by atoms with Gasteiger partial charge in [0.1, 0.15) is 0 Å². The first-order valence-electron chi connectivity index (χ1n) is 3.69. The van der Waals surface area contributed by atoms with Crippen LogP contribution in [0.2, 0.25) is 0 Å². The summed E-state index contributed by atoms with van der Waals surface area (Å²) in [5.74, 6) is 0. The van der Waals surface area contributed by atoms with Crippen molar-refractivity contribution in [2.75, 3.05) is 0 Å². The van der Waals surface area contributed by atoms with Crippen molar-refractivity contribution in [3.63, 3.8) is 0 Å². The standard InChI is InChI=1S/C9H8N2O/c12-9-3-5-10-6-7(9)8-2-1-4-11-8/h1-6,11H,(H,10,12). The van der Waals surface area contributed by atoms with Crippen molar-refractivity contribution in [1.82, 2.24) is 9.97 Å². The lowest BCUT2D eigenvalue weighted by molar-refractivity contribution is 1.28. The molecule has 3 nitrogen and oxygen atoms in total. The van der Waals surface area contributed by atoms with Gasteiger partial charge in [0.15, 0.2) is 5.43 Å². The zero-order valence-corrected chi connectivity index (χ0v) is 6.37. The highest BCUT2D eigenvalue weighted by atomic mass is 16.1. The van der Waals surface area contributed by atoms with Crippen LogP contribution in [0.25, 0.3) is 11.3 Å². The molecule has 2 aromatic rings. The van der Waals surface area contributed by atoms with Crippen LogP contribution >= 0.6 is 0 Å². The Bertz CT molecular complexity index is 414. The molecule has 0 bridgehead atoms. The van der Waals surface area contributed by atoms with Crippen molar-refractivity contribution >= 4 is 0 Å². The van der Waals surface area contributed by atoms with Gasteiger partial charge in [0.05, 0.1) is 11.3 Å². The molecule has 0 aromatic carbocycles. The average Bonchev–Trinajstić information content (AvgIpc) is 2.57. The van der Waals surface area contributed by atoms with Crippen LogP contribution < -0.4 is 5.43 Å². The van der Waals surface area contributed by atoms with Crippen LogP contribution in [-0.4, -0.2) is 9.97 Å². The van der Waals surface area contributed by atoms with E-state index in [1.165, 1.54) is 6.07 Å². The van der Waals surface area contributed by atoms with Crippen molar-refractivity contribution in [2.45, 2.75) is 0 Å². The van der Waals surface area contributed by atoms with Gasteiger partial charge in [-0.05, 0) is 12.1 Å². The predicted molar refractivity (Wildman–Crippen MR) is 46.8 cm³/mol. The largest absolute Gasteiger partial charge is 0.367 e. The van der Waals surface area contributed by atoms with E-state index in [1.807, 2.05) is 12.1 Å². The molecule has 2 aromatic heterocycles. The van der Waals surface area contributed by atoms with Crippen molar-refractivity contribution < 1.29 is 0 Å². The fourth-order valence-electron chi connectivity index (χ4n) is 1.12.